The second kappa shape index (κ2) is 5.15. The number of rotatable bonds is 3. The number of oxime groups is 1. The van der Waals surface area contributed by atoms with Crippen molar-refractivity contribution in [1.29, 1.82) is 0 Å². The average Bonchev–Trinajstić information content (AvgIpc) is 2.80. The first-order valence-electron chi connectivity index (χ1n) is 5.39. The van der Waals surface area contributed by atoms with Crippen LogP contribution in [0, 0.1) is 6.92 Å². The smallest absolute Gasteiger partial charge is 0.200 e. The zero-order valence-electron chi connectivity index (χ0n) is 10.0. The van der Waals surface area contributed by atoms with Gasteiger partial charge in [-0.15, -0.1) is 11.3 Å². The lowest BCUT2D eigenvalue weighted by atomic mass is 10.0. The molecule has 0 amide bonds. The van der Waals surface area contributed by atoms with Crippen molar-refractivity contribution in [3.63, 3.8) is 0 Å². The summed E-state index contributed by atoms with van der Waals surface area (Å²) in [5, 5.41) is 43.3. The Balaban J connectivity index is 2.36. The fraction of sp³-hybridized carbons (Fsp3) is 0.167. The molecule has 19 heavy (non-hydrogen) atoms. The van der Waals surface area contributed by atoms with E-state index in [0.717, 1.165) is 5.01 Å². The van der Waals surface area contributed by atoms with Crippen LogP contribution in [0.25, 0.3) is 0 Å². The Morgan fingerprint density at radius 3 is 2.58 bits per heavy atom. The Morgan fingerprint density at radius 1 is 1.26 bits per heavy atom. The van der Waals surface area contributed by atoms with E-state index in [1.807, 2.05) is 12.3 Å². The van der Waals surface area contributed by atoms with Crippen molar-refractivity contribution in [3.8, 4) is 17.2 Å². The topological polar surface area (TPSA) is 106 Å². The van der Waals surface area contributed by atoms with Crippen molar-refractivity contribution in [2.75, 3.05) is 0 Å². The van der Waals surface area contributed by atoms with Crippen LogP contribution in [0.3, 0.4) is 0 Å². The summed E-state index contributed by atoms with van der Waals surface area (Å²) in [4.78, 5) is 4.23. The highest BCUT2D eigenvalue weighted by Crippen LogP contribution is 2.37. The molecule has 1 aromatic heterocycles. The molecule has 100 valence electrons. The summed E-state index contributed by atoms with van der Waals surface area (Å²) >= 11 is 1.46. The van der Waals surface area contributed by atoms with Gasteiger partial charge in [0.15, 0.2) is 11.5 Å². The summed E-state index contributed by atoms with van der Waals surface area (Å²) in [6, 6.07) is 2.57. The average molecular weight is 280 g/mol. The largest absolute Gasteiger partial charge is 0.504 e. The minimum Gasteiger partial charge on any atom is -0.504 e. The zero-order chi connectivity index (χ0) is 14.0. The third-order valence-corrected chi connectivity index (χ3v) is 3.40. The highest BCUT2D eigenvalue weighted by atomic mass is 32.1. The molecule has 2 aromatic rings. The molecular formula is C12H12N2O4S. The Labute approximate surface area is 112 Å². The van der Waals surface area contributed by atoms with Gasteiger partial charge in [0.25, 0.3) is 0 Å². The standard InChI is InChI=1S/C12H12N2O4S/c1-6-13-7(5-19-6)4-9(14-18)8-2-3-10(15)12(17)11(8)16/h2-3,5,15-18H,4H2,1H3. The fourth-order valence-electron chi connectivity index (χ4n) is 1.65. The third-order valence-electron chi connectivity index (χ3n) is 2.58. The molecule has 0 aliphatic carbocycles. The summed E-state index contributed by atoms with van der Waals surface area (Å²) in [6.45, 7) is 1.85. The molecule has 0 aliphatic rings. The molecule has 0 bridgehead atoms. The number of aryl methyl sites for hydroxylation is 1. The highest BCUT2D eigenvalue weighted by molar-refractivity contribution is 7.09. The molecule has 0 saturated heterocycles. The lowest BCUT2D eigenvalue weighted by molar-refractivity contribution is 0.317. The van der Waals surface area contributed by atoms with Gasteiger partial charge >= 0.3 is 0 Å². The monoisotopic (exact) mass is 280 g/mol. The van der Waals surface area contributed by atoms with Gasteiger partial charge < -0.3 is 20.5 Å². The Morgan fingerprint density at radius 2 is 2.00 bits per heavy atom. The maximum absolute atomic E-state index is 9.74. The summed E-state index contributed by atoms with van der Waals surface area (Å²) in [6.07, 6.45) is 0.207. The van der Waals surface area contributed by atoms with Crippen LogP contribution in [0.15, 0.2) is 22.7 Å². The normalized spacial score (nSPS) is 11.7. The predicted molar refractivity (Wildman–Crippen MR) is 70.3 cm³/mol. The van der Waals surface area contributed by atoms with Crippen molar-refractivity contribution in [1.82, 2.24) is 4.98 Å². The van der Waals surface area contributed by atoms with Crippen LogP contribution in [0.5, 0.6) is 17.2 Å². The van der Waals surface area contributed by atoms with Crippen molar-refractivity contribution >= 4 is 17.0 Å². The van der Waals surface area contributed by atoms with Crippen LogP contribution in [-0.2, 0) is 6.42 Å². The van der Waals surface area contributed by atoms with Crippen LogP contribution in [0.4, 0.5) is 0 Å². The molecule has 0 aliphatic heterocycles. The molecule has 1 aromatic carbocycles. The molecule has 0 radical (unpaired) electrons. The lowest BCUT2D eigenvalue weighted by Crippen LogP contribution is -2.06. The van der Waals surface area contributed by atoms with Gasteiger partial charge in [0.05, 0.1) is 16.4 Å². The van der Waals surface area contributed by atoms with Crippen molar-refractivity contribution in [2.45, 2.75) is 13.3 Å². The molecule has 0 saturated carbocycles. The molecule has 0 fully saturated rings. The maximum Gasteiger partial charge on any atom is 0.200 e. The van der Waals surface area contributed by atoms with Gasteiger partial charge in [0.2, 0.25) is 5.75 Å². The van der Waals surface area contributed by atoms with Crippen molar-refractivity contribution in [3.05, 3.63) is 33.8 Å². The second-order valence-corrected chi connectivity index (χ2v) is 4.97. The SMILES string of the molecule is Cc1nc(CC(=NO)c2ccc(O)c(O)c2O)cs1. The van der Waals surface area contributed by atoms with Crippen LogP contribution in [-0.4, -0.2) is 31.2 Å². The fourth-order valence-corrected chi connectivity index (χ4v) is 2.26. The number of thiazole rings is 1. The van der Waals surface area contributed by atoms with Crippen LogP contribution >= 0.6 is 11.3 Å². The Kier molecular flexibility index (Phi) is 3.57. The first kappa shape index (κ1) is 13.2. The van der Waals surface area contributed by atoms with Crippen molar-refractivity contribution in [2.24, 2.45) is 5.16 Å². The molecule has 0 unspecified atom stereocenters. The van der Waals surface area contributed by atoms with E-state index in [2.05, 4.69) is 10.1 Å². The van der Waals surface area contributed by atoms with E-state index in [4.69, 9.17) is 5.21 Å². The summed E-state index contributed by atoms with van der Waals surface area (Å²) < 4.78 is 0. The van der Waals surface area contributed by atoms with Gasteiger partial charge in [-0.05, 0) is 19.1 Å². The van der Waals surface area contributed by atoms with E-state index in [1.165, 1.54) is 23.5 Å². The van der Waals surface area contributed by atoms with E-state index in [0.29, 0.717) is 5.69 Å². The molecule has 7 heteroatoms. The van der Waals surface area contributed by atoms with E-state index in [1.54, 1.807) is 0 Å². The molecule has 0 atom stereocenters. The zero-order valence-corrected chi connectivity index (χ0v) is 10.8. The quantitative estimate of drug-likeness (QED) is 0.298. The van der Waals surface area contributed by atoms with Gasteiger partial charge in [0, 0.05) is 17.4 Å². The minimum absolute atomic E-state index is 0.142. The first-order valence-corrected chi connectivity index (χ1v) is 6.27. The summed E-state index contributed by atoms with van der Waals surface area (Å²) in [5.74, 6) is -1.61. The number of phenolic OH excluding ortho intramolecular Hbond substituents is 3. The minimum atomic E-state index is -0.645. The Hall–Kier alpha value is -2.28. The third kappa shape index (κ3) is 2.60. The number of hydrogen-bond acceptors (Lipinski definition) is 7. The van der Waals surface area contributed by atoms with Crippen LogP contribution in [0.1, 0.15) is 16.3 Å². The molecule has 6 nitrogen and oxygen atoms in total. The number of hydrogen-bond donors (Lipinski definition) is 4. The molecule has 1 heterocycles. The van der Waals surface area contributed by atoms with Gasteiger partial charge in [-0.1, -0.05) is 5.16 Å². The lowest BCUT2D eigenvalue weighted by Gasteiger charge is -2.08. The first-order chi connectivity index (χ1) is 9.02. The van der Waals surface area contributed by atoms with Crippen LogP contribution in [0.2, 0.25) is 0 Å². The second-order valence-electron chi connectivity index (χ2n) is 3.91. The molecule has 2 rings (SSSR count). The number of phenols is 3. The van der Waals surface area contributed by atoms with Gasteiger partial charge in [-0.25, -0.2) is 4.98 Å². The number of benzene rings is 1. The Bertz CT molecular complexity index is 637. The van der Waals surface area contributed by atoms with Crippen molar-refractivity contribution < 1.29 is 20.5 Å². The molecule has 4 N–H and O–H groups in total. The number of aromatic nitrogens is 1. The van der Waals surface area contributed by atoms with E-state index in [9.17, 15) is 15.3 Å². The predicted octanol–water partition coefficient (Wildman–Crippen LogP) is 1.99. The van der Waals surface area contributed by atoms with E-state index in [-0.39, 0.29) is 17.7 Å². The molecular weight excluding hydrogens is 268 g/mol. The van der Waals surface area contributed by atoms with Gasteiger partial charge in [-0.3, -0.25) is 0 Å². The maximum atomic E-state index is 9.74. The van der Waals surface area contributed by atoms with Crippen LogP contribution < -0.4 is 0 Å². The summed E-state index contributed by atoms with van der Waals surface area (Å²) in [7, 11) is 0. The molecule has 0 spiro atoms. The van der Waals surface area contributed by atoms with E-state index >= 15 is 0 Å². The van der Waals surface area contributed by atoms with Gasteiger partial charge in [0.1, 0.15) is 0 Å². The highest BCUT2D eigenvalue weighted by Gasteiger charge is 2.17. The van der Waals surface area contributed by atoms with Gasteiger partial charge in [-0.2, -0.15) is 0 Å². The number of nitrogens with zero attached hydrogens (tertiary/aromatic N) is 2. The number of aromatic hydroxyl groups is 3. The summed E-state index contributed by atoms with van der Waals surface area (Å²) in [5.41, 5.74) is 0.990. The van der Waals surface area contributed by atoms with E-state index < -0.39 is 17.2 Å².